The Hall–Kier alpha value is -2.98. The van der Waals surface area contributed by atoms with Crippen LogP contribution in [-0.4, -0.2) is 47.0 Å². The van der Waals surface area contributed by atoms with E-state index in [0.29, 0.717) is 0 Å². The van der Waals surface area contributed by atoms with Gasteiger partial charge >= 0.3 is 0 Å². The van der Waals surface area contributed by atoms with Crippen LogP contribution in [0.2, 0.25) is 0 Å². The number of aliphatic hydroxyl groups is 2. The minimum absolute atomic E-state index is 0.0867. The lowest BCUT2D eigenvalue weighted by Crippen LogP contribution is -2.45. The van der Waals surface area contributed by atoms with Crippen LogP contribution < -0.4 is 0 Å². The van der Waals surface area contributed by atoms with E-state index in [1.54, 1.807) is 13.8 Å². The third-order valence-electron chi connectivity index (χ3n) is 6.04. The molecule has 176 valence electrons. The lowest BCUT2D eigenvalue weighted by atomic mass is 9.80. The van der Waals surface area contributed by atoms with Crippen LogP contribution in [-0.2, 0) is 19.8 Å². The zero-order chi connectivity index (χ0) is 24.2. The minimum atomic E-state index is -1.22. The second-order valence-corrected chi connectivity index (χ2v) is 8.83. The molecule has 1 fully saturated rings. The van der Waals surface area contributed by atoms with Crippen molar-refractivity contribution in [2.24, 2.45) is 0 Å². The summed E-state index contributed by atoms with van der Waals surface area (Å²) in [5.41, 5.74) is 1.77. The molecule has 1 saturated heterocycles. The number of hydrogen-bond acceptors (Lipinski definition) is 5. The molecule has 0 bridgehead atoms. The fourth-order valence-corrected chi connectivity index (χ4v) is 4.53. The predicted octanol–water partition coefficient (Wildman–Crippen LogP) is 3.87. The van der Waals surface area contributed by atoms with Crippen molar-refractivity contribution in [3.05, 3.63) is 108 Å². The lowest BCUT2D eigenvalue weighted by Gasteiger charge is -2.37. The van der Waals surface area contributed by atoms with Gasteiger partial charge in [-0.2, -0.15) is 0 Å². The molecule has 0 radical (unpaired) electrons. The fraction of sp³-hybridized carbons (Fsp3) is 0.310. The van der Waals surface area contributed by atoms with E-state index < -0.39 is 35.8 Å². The maximum absolute atomic E-state index is 11.2. The molecule has 0 aliphatic carbocycles. The molecule has 5 nitrogen and oxygen atoms in total. The Morgan fingerprint density at radius 2 is 1.24 bits per heavy atom. The summed E-state index contributed by atoms with van der Waals surface area (Å²) in [6, 6.07) is 29.7. The predicted molar refractivity (Wildman–Crippen MR) is 130 cm³/mol. The minimum Gasteiger partial charge on any atom is -0.388 e. The summed E-state index contributed by atoms with van der Waals surface area (Å²) in [4.78, 5) is 0. The van der Waals surface area contributed by atoms with Gasteiger partial charge in [0.2, 0.25) is 0 Å². The average Bonchev–Trinajstić information content (AvgIpc) is 3.21. The van der Waals surface area contributed by atoms with Crippen LogP contribution in [0.4, 0.5) is 0 Å². The average molecular weight is 459 g/mol. The monoisotopic (exact) mass is 458 g/mol. The molecule has 5 heteroatoms. The van der Waals surface area contributed by atoms with Gasteiger partial charge in [0.25, 0.3) is 0 Å². The Bertz CT molecular complexity index is 995. The Labute approximate surface area is 200 Å². The van der Waals surface area contributed by atoms with Crippen LogP contribution >= 0.6 is 0 Å². The number of hydrogen-bond donors (Lipinski definition) is 2. The first kappa shape index (κ1) is 24.2. The van der Waals surface area contributed by atoms with Crippen molar-refractivity contribution in [3.63, 3.8) is 0 Å². The van der Waals surface area contributed by atoms with Crippen LogP contribution in [0, 0.1) is 12.3 Å². The van der Waals surface area contributed by atoms with Gasteiger partial charge in [-0.15, -0.1) is 6.42 Å². The van der Waals surface area contributed by atoms with E-state index in [4.69, 9.17) is 20.6 Å². The number of benzene rings is 3. The topological polar surface area (TPSA) is 68.2 Å². The quantitative estimate of drug-likeness (QED) is 0.396. The third-order valence-corrected chi connectivity index (χ3v) is 6.04. The maximum Gasteiger partial charge on any atom is 0.164 e. The highest BCUT2D eigenvalue weighted by molar-refractivity contribution is 5.47. The molecular formula is C29H30O5. The second-order valence-electron chi connectivity index (χ2n) is 8.83. The van der Waals surface area contributed by atoms with E-state index >= 15 is 0 Å². The van der Waals surface area contributed by atoms with E-state index in [1.807, 2.05) is 91.0 Å². The smallest absolute Gasteiger partial charge is 0.164 e. The maximum atomic E-state index is 11.2. The van der Waals surface area contributed by atoms with E-state index in [-0.39, 0.29) is 6.61 Å². The molecule has 1 unspecified atom stereocenters. The van der Waals surface area contributed by atoms with Crippen LogP contribution in [0.1, 0.15) is 30.5 Å². The van der Waals surface area contributed by atoms with Gasteiger partial charge in [-0.3, -0.25) is 0 Å². The molecule has 4 atom stereocenters. The van der Waals surface area contributed by atoms with Crippen molar-refractivity contribution in [1.82, 2.24) is 0 Å². The van der Waals surface area contributed by atoms with Gasteiger partial charge in [-0.05, 0) is 30.5 Å². The van der Waals surface area contributed by atoms with Crippen LogP contribution in [0.5, 0.6) is 0 Å². The molecule has 1 aliphatic rings. The van der Waals surface area contributed by atoms with Crippen LogP contribution in [0.3, 0.4) is 0 Å². The largest absolute Gasteiger partial charge is 0.388 e. The van der Waals surface area contributed by atoms with Gasteiger partial charge in [0.05, 0.1) is 6.61 Å². The summed E-state index contributed by atoms with van der Waals surface area (Å²) >= 11 is 0. The molecule has 2 N–H and O–H groups in total. The number of ether oxygens (including phenoxy) is 3. The van der Waals surface area contributed by atoms with E-state index in [1.165, 1.54) is 0 Å². The lowest BCUT2D eigenvalue weighted by molar-refractivity contribution is -0.163. The summed E-state index contributed by atoms with van der Waals surface area (Å²) < 4.78 is 18.4. The van der Waals surface area contributed by atoms with Crippen LogP contribution in [0.15, 0.2) is 91.0 Å². The first-order valence-corrected chi connectivity index (χ1v) is 11.4. The number of aliphatic hydroxyl groups excluding tert-OH is 2. The van der Waals surface area contributed by atoms with Crippen molar-refractivity contribution in [2.45, 2.75) is 49.7 Å². The van der Waals surface area contributed by atoms with E-state index in [0.717, 1.165) is 16.7 Å². The van der Waals surface area contributed by atoms with Gasteiger partial charge in [-0.1, -0.05) is 96.9 Å². The number of terminal acetylenes is 1. The summed E-state index contributed by atoms with van der Waals surface area (Å²) in [5.74, 6) is 1.28. The molecule has 0 spiro atoms. The van der Waals surface area contributed by atoms with Crippen molar-refractivity contribution < 1.29 is 24.4 Å². The summed E-state index contributed by atoms with van der Waals surface area (Å²) in [6.45, 7) is 3.36. The molecule has 4 rings (SSSR count). The zero-order valence-electron chi connectivity index (χ0n) is 19.4. The normalized spacial score (nSPS) is 21.5. The Kier molecular flexibility index (Phi) is 7.18. The zero-order valence-corrected chi connectivity index (χ0v) is 19.4. The van der Waals surface area contributed by atoms with Crippen molar-refractivity contribution in [3.8, 4) is 12.3 Å². The Balaban J connectivity index is 1.73. The molecule has 0 amide bonds. The first-order valence-electron chi connectivity index (χ1n) is 11.4. The fourth-order valence-electron chi connectivity index (χ4n) is 4.53. The molecule has 1 heterocycles. The highest BCUT2D eigenvalue weighted by atomic mass is 16.8. The third kappa shape index (κ3) is 4.78. The van der Waals surface area contributed by atoms with Crippen molar-refractivity contribution >= 4 is 0 Å². The molecule has 0 saturated carbocycles. The molecule has 3 aromatic rings. The highest BCUT2D eigenvalue weighted by Crippen LogP contribution is 2.41. The Morgan fingerprint density at radius 1 is 0.824 bits per heavy atom. The van der Waals surface area contributed by atoms with E-state index in [2.05, 4.69) is 5.92 Å². The van der Waals surface area contributed by atoms with Gasteiger partial charge in [-0.25, -0.2) is 0 Å². The van der Waals surface area contributed by atoms with Crippen molar-refractivity contribution in [2.75, 3.05) is 6.61 Å². The van der Waals surface area contributed by atoms with E-state index in [9.17, 15) is 10.2 Å². The molecule has 34 heavy (non-hydrogen) atoms. The van der Waals surface area contributed by atoms with Gasteiger partial charge < -0.3 is 24.4 Å². The van der Waals surface area contributed by atoms with Crippen molar-refractivity contribution in [1.29, 1.82) is 0 Å². The molecule has 3 aromatic carbocycles. The first-order chi connectivity index (χ1) is 16.4. The number of rotatable bonds is 8. The SMILES string of the molecule is C#C[C@H](O)[C@@H]1OC(C)(C)O[C@@H]1C(O)COC(c1ccccc1)(c1ccccc1)c1ccccc1. The van der Waals surface area contributed by atoms with Crippen LogP contribution in [0.25, 0.3) is 0 Å². The summed E-state index contributed by atoms with van der Waals surface area (Å²) in [6.07, 6.45) is 1.36. The van der Waals surface area contributed by atoms with Gasteiger partial charge in [0.1, 0.15) is 30.0 Å². The standard InChI is InChI=1S/C29H30O5/c1-4-24(30)26-27(34-28(2,3)33-26)25(31)20-32-29(21-14-8-5-9-15-21,22-16-10-6-11-17-22)23-18-12-7-13-19-23/h1,5-19,24-27,30-31H,20H2,2-3H3/t24-,25?,26-,27+/m0/s1. The van der Waals surface area contributed by atoms with Gasteiger partial charge in [0.15, 0.2) is 5.79 Å². The van der Waals surface area contributed by atoms with Gasteiger partial charge in [0, 0.05) is 0 Å². The molecule has 1 aliphatic heterocycles. The summed E-state index contributed by atoms with van der Waals surface area (Å²) in [5, 5.41) is 21.5. The summed E-state index contributed by atoms with van der Waals surface area (Å²) in [7, 11) is 0. The molecular weight excluding hydrogens is 428 g/mol. The second kappa shape index (κ2) is 10.1. The molecule has 0 aromatic heterocycles. The highest BCUT2D eigenvalue weighted by Gasteiger charge is 2.48. The Morgan fingerprint density at radius 3 is 1.65 bits per heavy atom.